The molecule has 27 heavy (non-hydrogen) atoms. The second kappa shape index (κ2) is 7.32. The fourth-order valence-corrected chi connectivity index (χ4v) is 3.79. The average Bonchev–Trinajstić information content (AvgIpc) is 2.93. The molecule has 9 heteroatoms. The lowest BCUT2D eigenvalue weighted by Gasteiger charge is -2.27. The quantitative estimate of drug-likeness (QED) is 0.710. The predicted molar refractivity (Wildman–Crippen MR) is 98.3 cm³/mol. The first-order valence-corrected chi connectivity index (χ1v) is 10.5. The fraction of sp³-hybridized carbons (Fsp3) is 0.444. The first kappa shape index (κ1) is 19.4. The lowest BCUT2D eigenvalue weighted by Crippen LogP contribution is -2.33. The third kappa shape index (κ3) is 3.70. The summed E-state index contributed by atoms with van der Waals surface area (Å²) >= 11 is 0. The number of sulfone groups is 1. The molecule has 0 saturated carbocycles. The van der Waals surface area contributed by atoms with Gasteiger partial charge in [-0.05, 0) is 26.0 Å². The topological polar surface area (TPSA) is 107 Å². The van der Waals surface area contributed by atoms with Crippen molar-refractivity contribution in [2.75, 3.05) is 19.5 Å². The highest BCUT2D eigenvalue weighted by molar-refractivity contribution is 7.90. The highest BCUT2D eigenvalue weighted by Crippen LogP contribution is 2.32. The monoisotopic (exact) mass is 394 g/mol. The highest BCUT2D eigenvalue weighted by Gasteiger charge is 2.26. The Morgan fingerprint density at radius 2 is 2.07 bits per heavy atom. The number of carbonyl (C=O) groups excluding carboxylic acids is 1. The van der Waals surface area contributed by atoms with E-state index in [2.05, 4.69) is 5.10 Å². The van der Waals surface area contributed by atoms with E-state index in [1.807, 2.05) is 0 Å². The number of benzene rings is 1. The van der Waals surface area contributed by atoms with E-state index in [-0.39, 0.29) is 34.5 Å². The van der Waals surface area contributed by atoms with Crippen molar-refractivity contribution in [1.82, 2.24) is 9.78 Å². The Bertz CT molecular complexity index is 1030. The van der Waals surface area contributed by atoms with E-state index in [1.54, 1.807) is 13.8 Å². The van der Waals surface area contributed by atoms with Crippen LogP contribution in [0, 0.1) is 6.92 Å². The van der Waals surface area contributed by atoms with E-state index < -0.39 is 21.2 Å². The fourth-order valence-electron chi connectivity index (χ4n) is 2.93. The normalized spacial score (nSPS) is 16.8. The summed E-state index contributed by atoms with van der Waals surface area (Å²) in [6.45, 7) is 4.67. The van der Waals surface area contributed by atoms with Gasteiger partial charge in [-0.2, -0.15) is 0 Å². The summed E-state index contributed by atoms with van der Waals surface area (Å²) < 4.78 is 36.6. The largest absolute Gasteiger partial charge is 0.489 e. The standard InChI is InChI=1S/C18H22N2O6S/c1-4-20-18(22)14(9-19-20)16(21)13-5-6-15(27(3,23)24)17(11(13)2)26-10-12-7-8-25-12/h5-6,9,12,19H,4,7-8,10H2,1-3H3. The molecular weight excluding hydrogens is 372 g/mol. The number of ether oxygens (including phenoxy) is 2. The van der Waals surface area contributed by atoms with Crippen LogP contribution in [0.1, 0.15) is 34.8 Å². The summed E-state index contributed by atoms with van der Waals surface area (Å²) in [5.41, 5.74) is 0.192. The number of aromatic nitrogens is 2. The van der Waals surface area contributed by atoms with E-state index in [0.717, 1.165) is 12.7 Å². The number of aryl methyl sites for hydroxylation is 1. The molecule has 0 bridgehead atoms. The zero-order valence-electron chi connectivity index (χ0n) is 15.4. The number of rotatable bonds is 7. The number of hydrogen-bond acceptors (Lipinski definition) is 6. The number of H-pyrrole nitrogens is 1. The Morgan fingerprint density at radius 1 is 1.37 bits per heavy atom. The van der Waals surface area contributed by atoms with E-state index in [1.165, 1.54) is 23.0 Å². The minimum Gasteiger partial charge on any atom is -0.489 e. The molecule has 1 aliphatic heterocycles. The maximum Gasteiger partial charge on any atom is 0.277 e. The number of hydrogen-bond donors (Lipinski definition) is 1. The van der Waals surface area contributed by atoms with Gasteiger partial charge in [0, 0.05) is 43.2 Å². The number of nitrogens with one attached hydrogen (secondary N) is 1. The van der Waals surface area contributed by atoms with Crippen molar-refractivity contribution in [3.05, 3.63) is 45.4 Å². The molecule has 1 aliphatic rings. The second-order valence-corrected chi connectivity index (χ2v) is 8.48. The van der Waals surface area contributed by atoms with Crippen LogP contribution in [-0.4, -0.2) is 49.6 Å². The minimum absolute atomic E-state index is 0.000307. The summed E-state index contributed by atoms with van der Waals surface area (Å²) in [4.78, 5) is 25.1. The van der Waals surface area contributed by atoms with Gasteiger partial charge in [0.25, 0.3) is 5.56 Å². The van der Waals surface area contributed by atoms with Crippen molar-refractivity contribution in [2.45, 2.75) is 37.8 Å². The van der Waals surface area contributed by atoms with Gasteiger partial charge in [0.05, 0.1) is 6.10 Å². The molecule has 1 aromatic carbocycles. The zero-order chi connectivity index (χ0) is 19.8. The molecule has 2 heterocycles. The van der Waals surface area contributed by atoms with Gasteiger partial charge in [-0.3, -0.25) is 14.3 Å². The molecule has 1 unspecified atom stereocenters. The van der Waals surface area contributed by atoms with Crippen molar-refractivity contribution in [3.63, 3.8) is 0 Å². The van der Waals surface area contributed by atoms with Crippen LogP contribution in [0.25, 0.3) is 0 Å². The van der Waals surface area contributed by atoms with Crippen LogP contribution in [0.3, 0.4) is 0 Å². The van der Waals surface area contributed by atoms with Crippen LogP contribution in [0.2, 0.25) is 0 Å². The number of nitrogens with zero attached hydrogens (tertiary/aromatic N) is 1. The maximum absolute atomic E-state index is 12.9. The van der Waals surface area contributed by atoms with Gasteiger partial charge < -0.3 is 14.6 Å². The van der Waals surface area contributed by atoms with Gasteiger partial charge in [-0.1, -0.05) is 0 Å². The second-order valence-electron chi connectivity index (χ2n) is 6.50. The molecule has 1 fully saturated rings. The van der Waals surface area contributed by atoms with E-state index in [0.29, 0.717) is 18.7 Å². The third-order valence-corrected chi connectivity index (χ3v) is 5.74. The zero-order valence-corrected chi connectivity index (χ0v) is 16.3. The van der Waals surface area contributed by atoms with Crippen molar-refractivity contribution in [3.8, 4) is 5.75 Å². The summed E-state index contributed by atoms with van der Waals surface area (Å²) in [6, 6.07) is 2.76. The lowest BCUT2D eigenvalue weighted by atomic mass is 10.00. The van der Waals surface area contributed by atoms with E-state index in [4.69, 9.17) is 9.47 Å². The molecule has 1 saturated heterocycles. The summed E-state index contributed by atoms with van der Waals surface area (Å²) in [5, 5.41) is 2.74. The van der Waals surface area contributed by atoms with Crippen LogP contribution in [0.15, 0.2) is 28.0 Å². The Kier molecular flexibility index (Phi) is 5.25. The molecule has 0 amide bonds. The van der Waals surface area contributed by atoms with Gasteiger partial charge in [0.1, 0.15) is 22.8 Å². The number of ketones is 1. The molecule has 146 valence electrons. The molecule has 1 atom stereocenters. The van der Waals surface area contributed by atoms with Crippen LogP contribution < -0.4 is 10.3 Å². The Labute approximate surface area is 157 Å². The van der Waals surface area contributed by atoms with Crippen LogP contribution in [0.5, 0.6) is 5.75 Å². The third-order valence-electron chi connectivity index (χ3n) is 4.62. The molecular formula is C18H22N2O6S. The minimum atomic E-state index is -3.56. The molecule has 3 rings (SSSR count). The summed E-state index contributed by atoms with van der Waals surface area (Å²) in [5.74, 6) is -0.351. The van der Waals surface area contributed by atoms with Crippen molar-refractivity contribution < 1.29 is 22.7 Å². The lowest BCUT2D eigenvalue weighted by molar-refractivity contribution is -0.0725. The molecule has 1 aromatic heterocycles. The maximum atomic E-state index is 12.9. The van der Waals surface area contributed by atoms with Crippen molar-refractivity contribution >= 4 is 15.6 Å². The number of carbonyl (C=O) groups is 1. The van der Waals surface area contributed by atoms with Gasteiger partial charge in [0.2, 0.25) is 5.78 Å². The van der Waals surface area contributed by atoms with E-state index in [9.17, 15) is 18.0 Å². The van der Waals surface area contributed by atoms with Crippen LogP contribution in [0.4, 0.5) is 0 Å². The highest BCUT2D eigenvalue weighted by atomic mass is 32.2. The van der Waals surface area contributed by atoms with Gasteiger partial charge in [-0.15, -0.1) is 0 Å². The van der Waals surface area contributed by atoms with Gasteiger partial charge in [-0.25, -0.2) is 8.42 Å². The Balaban J connectivity index is 2.04. The predicted octanol–water partition coefficient (Wildman–Crippen LogP) is 1.31. The van der Waals surface area contributed by atoms with Crippen LogP contribution >= 0.6 is 0 Å². The molecule has 1 N–H and O–H groups in total. The molecule has 0 aliphatic carbocycles. The summed E-state index contributed by atoms with van der Waals surface area (Å²) in [7, 11) is -3.56. The average molecular weight is 394 g/mol. The smallest absolute Gasteiger partial charge is 0.277 e. The van der Waals surface area contributed by atoms with Crippen molar-refractivity contribution in [2.24, 2.45) is 0 Å². The molecule has 2 aromatic rings. The first-order valence-electron chi connectivity index (χ1n) is 8.65. The van der Waals surface area contributed by atoms with Crippen LogP contribution in [-0.2, 0) is 21.1 Å². The SMILES string of the molecule is CCn1[nH]cc(C(=O)c2ccc(S(C)(=O)=O)c(OCC3CCO3)c2C)c1=O. The van der Waals surface area contributed by atoms with Gasteiger partial charge >= 0.3 is 0 Å². The first-order chi connectivity index (χ1) is 12.7. The van der Waals surface area contributed by atoms with Crippen molar-refractivity contribution in [1.29, 1.82) is 0 Å². The molecule has 0 spiro atoms. The molecule has 8 nitrogen and oxygen atoms in total. The number of aromatic amines is 1. The van der Waals surface area contributed by atoms with Gasteiger partial charge in [0.15, 0.2) is 9.84 Å². The summed E-state index contributed by atoms with van der Waals surface area (Å²) in [6.07, 6.45) is 3.20. The Hall–Kier alpha value is -2.39. The Morgan fingerprint density at radius 3 is 2.59 bits per heavy atom. The van der Waals surface area contributed by atoms with E-state index >= 15 is 0 Å². The molecule has 0 radical (unpaired) electrons.